The van der Waals surface area contributed by atoms with Gasteiger partial charge in [0.1, 0.15) is 11.3 Å². The Morgan fingerprint density at radius 2 is 1.74 bits per heavy atom. The van der Waals surface area contributed by atoms with Gasteiger partial charge in [-0.3, -0.25) is 4.79 Å². The summed E-state index contributed by atoms with van der Waals surface area (Å²) < 4.78 is 12.4. The Balaban J connectivity index is 1.69. The van der Waals surface area contributed by atoms with Gasteiger partial charge in [0.05, 0.1) is 18.3 Å². The fourth-order valence-electron chi connectivity index (χ4n) is 3.84. The van der Waals surface area contributed by atoms with E-state index in [1.165, 1.54) is 10.9 Å². The summed E-state index contributed by atoms with van der Waals surface area (Å²) in [6.07, 6.45) is 1.37. The number of ether oxygens (including phenoxy) is 2. The average molecular weight is 473 g/mol. The normalized spacial score (nSPS) is 10.9. The first kappa shape index (κ1) is 23.9. The highest BCUT2D eigenvalue weighted by Crippen LogP contribution is 2.26. The van der Waals surface area contributed by atoms with Gasteiger partial charge in [-0.2, -0.15) is 9.78 Å². The quantitative estimate of drug-likeness (QED) is 0.387. The first-order valence-electron chi connectivity index (χ1n) is 11.4. The zero-order valence-electron chi connectivity index (χ0n) is 20.5. The minimum atomic E-state index is -0.585. The molecule has 0 fully saturated rings. The highest BCUT2D eigenvalue weighted by atomic mass is 16.5. The molecule has 2 heterocycles. The van der Waals surface area contributed by atoms with Gasteiger partial charge < -0.3 is 14.8 Å². The van der Waals surface area contributed by atoms with Crippen molar-refractivity contribution in [3.05, 3.63) is 76.5 Å². The number of carbonyl (C=O) groups excluding carboxylic acids is 2. The van der Waals surface area contributed by atoms with Crippen LogP contribution in [-0.4, -0.2) is 39.9 Å². The third-order valence-electron chi connectivity index (χ3n) is 5.89. The summed E-state index contributed by atoms with van der Waals surface area (Å²) in [5.74, 6) is 0.259. The van der Waals surface area contributed by atoms with Gasteiger partial charge in [-0.15, -0.1) is 0 Å². The zero-order chi connectivity index (χ0) is 25.1. The molecule has 4 rings (SSSR count). The monoisotopic (exact) mass is 472 g/mol. The molecule has 0 unspecified atom stereocenters. The molecule has 4 aromatic rings. The number of nitrogens with one attached hydrogen (secondary N) is 1. The maximum Gasteiger partial charge on any atom is 0.343 e. The van der Waals surface area contributed by atoms with Crippen LogP contribution in [0.15, 0.2) is 48.7 Å². The number of para-hydroxylation sites is 1. The van der Waals surface area contributed by atoms with Gasteiger partial charge in [-0.05, 0) is 69.0 Å². The number of hydrogen-bond donors (Lipinski definition) is 1. The van der Waals surface area contributed by atoms with E-state index in [1.807, 2.05) is 70.2 Å². The van der Waals surface area contributed by atoms with Crippen molar-refractivity contribution in [2.75, 3.05) is 18.5 Å². The van der Waals surface area contributed by atoms with Gasteiger partial charge in [0.15, 0.2) is 18.2 Å². The lowest BCUT2D eigenvalue weighted by Gasteiger charge is -2.14. The van der Waals surface area contributed by atoms with E-state index in [-0.39, 0.29) is 24.6 Å². The summed E-state index contributed by atoms with van der Waals surface area (Å²) in [5, 5.41) is 8.17. The second kappa shape index (κ2) is 9.97. The Morgan fingerprint density at radius 1 is 1.00 bits per heavy atom. The summed E-state index contributed by atoms with van der Waals surface area (Å²) in [5.41, 5.74) is 5.00. The van der Waals surface area contributed by atoms with Gasteiger partial charge in [-0.1, -0.05) is 30.3 Å². The molecule has 8 heteroatoms. The van der Waals surface area contributed by atoms with Gasteiger partial charge in [0, 0.05) is 5.39 Å². The van der Waals surface area contributed by atoms with Crippen LogP contribution in [0.4, 0.5) is 5.82 Å². The third kappa shape index (κ3) is 4.87. The molecule has 0 aliphatic heterocycles. The molecule has 35 heavy (non-hydrogen) atoms. The fourth-order valence-corrected chi connectivity index (χ4v) is 3.84. The number of amides is 1. The molecular formula is C27H28N4O4. The molecule has 0 atom stereocenters. The van der Waals surface area contributed by atoms with Crippen LogP contribution >= 0.6 is 0 Å². The number of benzene rings is 2. The lowest BCUT2D eigenvalue weighted by atomic mass is 10.1. The highest BCUT2D eigenvalue weighted by Gasteiger charge is 2.23. The van der Waals surface area contributed by atoms with E-state index in [9.17, 15) is 9.59 Å². The molecule has 0 spiro atoms. The van der Waals surface area contributed by atoms with Crippen molar-refractivity contribution in [3.8, 4) is 11.6 Å². The maximum atomic E-state index is 12.9. The standard InChI is InChI=1S/C27H28N4O4/c1-6-34-27(33)21-14-28-31(23-13-18(4)20-11-7-10-17(3)25(20)29-23)26(21)30-24(32)15-35-22-12-8-9-16(2)19(22)5/h7-14H,6,15H2,1-5H3,(H,30,32). The lowest BCUT2D eigenvalue weighted by molar-refractivity contribution is -0.118. The van der Waals surface area contributed by atoms with Crippen LogP contribution < -0.4 is 10.1 Å². The van der Waals surface area contributed by atoms with Crippen LogP contribution in [0.5, 0.6) is 5.75 Å². The third-order valence-corrected chi connectivity index (χ3v) is 5.89. The molecule has 0 bridgehead atoms. The molecule has 180 valence electrons. The average Bonchev–Trinajstić information content (AvgIpc) is 3.24. The number of esters is 1. The number of aryl methyl sites for hydroxylation is 3. The fraction of sp³-hybridized carbons (Fsp3) is 0.259. The SMILES string of the molecule is CCOC(=O)c1cnn(-c2cc(C)c3cccc(C)c3n2)c1NC(=O)COc1cccc(C)c1C. The predicted octanol–water partition coefficient (Wildman–Crippen LogP) is 4.85. The molecule has 8 nitrogen and oxygen atoms in total. The van der Waals surface area contributed by atoms with Gasteiger partial charge in [0.2, 0.25) is 0 Å². The van der Waals surface area contributed by atoms with Crippen molar-refractivity contribution in [3.63, 3.8) is 0 Å². The first-order chi connectivity index (χ1) is 16.8. The molecule has 1 amide bonds. The summed E-state index contributed by atoms with van der Waals surface area (Å²) in [6, 6.07) is 13.5. The Hall–Kier alpha value is -4.20. The molecule has 0 saturated heterocycles. The molecule has 1 N–H and O–H groups in total. The van der Waals surface area contributed by atoms with E-state index < -0.39 is 11.9 Å². The first-order valence-corrected chi connectivity index (χ1v) is 11.4. The van der Waals surface area contributed by atoms with E-state index in [2.05, 4.69) is 10.4 Å². The Labute approximate surface area is 203 Å². The minimum Gasteiger partial charge on any atom is -0.483 e. The highest BCUT2D eigenvalue weighted by molar-refractivity contribution is 6.01. The molecule has 0 radical (unpaired) electrons. The number of rotatable bonds is 7. The molecular weight excluding hydrogens is 444 g/mol. The van der Waals surface area contributed by atoms with Crippen LogP contribution in [-0.2, 0) is 9.53 Å². The molecule has 0 aliphatic carbocycles. The topological polar surface area (TPSA) is 95.3 Å². The summed E-state index contributed by atoms with van der Waals surface area (Å²) in [7, 11) is 0. The van der Waals surface area contributed by atoms with Gasteiger partial charge >= 0.3 is 5.97 Å². The summed E-state index contributed by atoms with van der Waals surface area (Å²) in [4.78, 5) is 30.3. The molecule has 0 aliphatic rings. The number of anilines is 1. The van der Waals surface area contributed by atoms with Crippen LogP contribution in [0.3, 0.4) is 0 Å². The lowest BCUT2D eigenvalue weighted by Crippen LogP contribution is -2.24. The number of aromatic nitrogens is 3. The van der Waals surface area contributed by atoms with Crippen molar-refractivity contribution in [1.29, 1.82) is 0 Å². The van der Waals surface area contributed by atoms with Crippen LogP contribution in [0.2, 0.25) is 0 Å². The van der Waals surface area contributed by atoms with Crippen molar-refractivity contribution >= 4 is 28.6 Å². The smallest absolute Gasteiger partial charge is 0.343 e. The van der Waals surface area contributed by atoms with Crippen LogP contribution in [0.25, 0.3) is 16.7 Å². The van der Waals surface area contributed by atoms with Gasteiger partial charge in [0.25, 0.3) is 5.91 Å². The number of carbonyl (C=O) groups is 2. The maximum absolute atomic E-state index is 12.9. The second-order valence-electron chi connectivity index (χ2n) is 8.34. The van der Waals surface area contributed by atoms with Crippen LogP contribution in [0.1, 0.15) is 39.5 Å². The van der Waals surface area contributed by atoms with Crippen molar-refractivity contribution in [2.45, 2.75) is 34.6 Å². The van der Waals surface area contributed by atoms with E-state index in [0.29, 0.717) is 11.6 Å². The van der Waals surface area contributed by atoms with Crippen molar-refractivity contribution in [1.82, 2.24) is 14.8 Å². The number of pyridine rings is 1. The van der Waals surface area contributed by atoms with Crippen molar-refractivity contribution in [2.24, 2.45) is 0 Å². The van der Waals surface area contributed by atoms with E-state index in [4.69, 9.17) is 14.5 Å². The Bertz CT molecular complexity index is 1420. The Morgan fingerprint density at radius 3 is 2.51 bits per heavy atom. The summed E-state index contributed by atoms with van der Waals surface area (Å²) >= 11 is 0. The zero-order valence-corrected chi connectivity index (χ0v) is 20.5. The number of fused-ring (bicyclic) bond motifs is 1. The van der Waals surface area contributed by atoms with E-state index in [0.717, 1.165) is 33.2 Å². The van der Waals surface area contributed by atoms with Gasteiger partial charge in [-0.25, -0.2) is 9.78 Å². The Kier molecular flexibility index (Phi) is 6.82. The minimum absolute atomic E-state index is 0.135. The van der Waals surface area contributed by atoms with Crippen LogP contribution in [0, 0.1) is 27.7 Å². The molecule has 0 saturated carbocycles. The molecule has 2 aromatic carbocycles. The van der Waals surface area contributed by atoms with E-state index >= 15 is 0 Å². The van der Waals surface area contributed by atoms with Crippen molar-refractivity contribution < 1.29 is 19.1 Å². The second-order valence-corrected chi connectivity index (χ2v) is 8.34. The predicted molar refractivity (Wildman–Crippen MR) is 134 cm³/mol. The molecule has 2 aromatic heterocycles. The summed E-state index contributed by atoms with van der Waals surface area (Å²) in [6.45, 7) is 9.56. The largest absolute Gasteiger partial charge is 0.483 e. The van der Waals surface area contributed by atoms with E-state index in [1.54, 1.807) is 6.92 Å². The number of nitrogens with zero attached hydrogens (tertiary/aromatic N) is 3. The number of hydrogen-bond acceptors (Lipinski definition) is 6.